The topological polar surface area (TPSA) is 52.7 Å². The monoisotopic (exact) mass is 506 g/mol. The molecule has 5 heteroatoms. The van der Waals surface area contributed by atoms with E-state index >= 15 is 0 Å². The standard InChI is InChI=1S/C32H41FNO3/c1-23-9-11-27(12-10-23)32(30-7-5-6-8-31(30)33)28-13-15-29(16-14-28)34(20-17-24(2)35)21-18-26(4)37-22-19-25(3)36/h5-16,24-26,35-36H,17-22H2,1-4H3/q+1. The first-order valence-corrected chi connectivity index (χ1v) is 13.3. The molecule has 0 fully saturated rings. The minimum Gasteiger partial charge on any atom is -0.393 e. The molecule has 2 N–H and O–H groups in total. The van der Waals surface area contributed by atoms with E-state index in [1.807, 2.05) is 43.3 Å². The summed E-state index contributed by atoms with van der Waals surface area (Å²) in [7, 11) is 0. The normalized spacial score (nSPS) is 15.5. The fraction of sp³-hybridized carbons (Fsp3) is 0.406. The molecular weight excluding hydrogens is 465 g/mol. The predicted octanol–water partition coefficient (Wildman–Crippen LogP) is 5.85. The molecular formula is C32H41FNO3+. The number of ether oxygens (including phenoxy) is 1. The van der Waals surface area contributed by atoms with Crippen molar-refractivity contribution in [2.75, 3.05) is 19.7 Å². The van der Waals surface area contributed by atoms with Gasteiger partial charge in [0.15, 0.2) is 5.71 Å². The van der Waals surface area contributed by atoms with Gasteiger partial charge in [0.05, 0.1) is 18.3 Å². The van der Waals surface area contributed by atoms with Crippen LogP contribution in [0.3, 0.4) is 0 Å². The number of aliphatic hydroxyl groups excluding tert-OH is 2. The average molecular weight is 507 g/mol. The van der Waals surface area contributed by atoms with Gasteiger partial charge in [0.1, 0.15) is 18.9 Å². The van der Waals surface area contributed by atoms with E-state index < -0.39 is 0 Å². The van der Waals surface area contributed by atoms with Crippen molar-refractivity contribution in [3.63, 3.8) is 0 Å². The Morgan fingerprint density at radius 2 is 1.46 bits per heavy atom. The molecule has 3 atom stereocenters. The second kappa shape index (κ2) is 14.2. The summed E-state index contributed by atoms with van der Waals surface area (Å²) < 4.78 is 23.0. The van der Waals surface area contributed by atoms with Gasteiger partial charge in [-0.3, -0.25) is 0 Å². The van der Waals surface area contributed by atoms with Gasteiger partial charge in [-0.1, -0.05) is 48.0 Å². The molecule has 3 unspecified atom stereocenters. The van der Waals surface area contributed by atoms with E-state index in [1.54, 1.807) is 19.9 Å². The summed E-state index contributed by atoms with van der Waals surface area (Å²) in [5.74, 6) is -0.245. The van der Waals surface area contributed by atoms with Crippen molar-refractivity contribution >= 4 is 11.3 Å². The number of aliphatic hydroxyl groups is 2. The van der Waals surface area contributed by atoms with E-state index in [9.17, 15) is 14.6 Å². The van der Waals surface area contributed by atoms with Crippen LogP contribution in [-0.2, 0) is 4.74 Å². The molecule has 1 aliphatic rings. The molecule has 0 radical (unpaired) electrons. The third-order valence-corrected chi connectivity index (χ3v) is 6.56. The highest BCUT2D eigenvalue weighted by molar-refractivity contribution is 6.04. The van der Waals surface area contributed by atoms with Crippen molar-refractivity contribution in [1.82, 2.24) is 0 Å². The zero-order chi connectivity index (χ0) is 26.8. The predicted molar refractivity (Wildman–Crippen MR) is 150 cm³/mol. The highest BCUT2D eigenvalue weighted by atomic mass is 19.1. The Balaban J connectivity index is 1.89. The van der Waals surface area contributed by atoms with Crippen molar-refractivity contribution in [3.8, 4) is 0 Å². The molecule has 2 aromatic carbocycles. The van der Waals surface area contributed by atoms with Crippen LogP contribution in [0.5, 0.6) is 0 Å². The van der Waals surface area contributed by atoms with Gasteiger partial charge in [-0.15, -0.1) is 0 Å². The molecule has 0 bridgehead atoms. The van der Waals surface area contributed by atoms with Crippen LogP contribution >= 0.6 is 0 Å². The molecule has 0 heterocycles. The Morgan fingerprint density at radius 3 is 2.08 bits per heavy atom. The second-order valence-corrected chi connectivity index (χ2v) is 10.0. The highest BCUT2D eigenvalue weighted by Gasteiger charge is 2.19. The maximum Gasteiger partial charge on any atom is 0.199 e. The Bertz CT molecular complexity index is 1120. The van der Waals surface area contributed by atoms with Gasteiger partial charge in [0.2, 0.25) is 0 Å². The number of halogens is 1. The number of nitrogens with zero attached hydrogens (tertiary/aromatic N) is 1. The lowest BCUT2D eigenvalue weighted by molar-refractivity contribution is -0.529. The Hall–Kier alpha value is -2.86. The summed E-state index contributed by atoms with van der Waals surface area (Å²) >= 11 is 0. The number of hydrogen-bond acceptors (Lipinski definition) is 3. The molecule has 198 valence electrons. The van der Waals surface area contributed by atoms with Crippen LogP contribution in [0, 0.1) is 12.7 Å². The minimum atomic E-state index is -0.385. The Kier molecular flexibility index (Phi) is 11.0. The average Bonchev–Trinajstić information content (AvgIpc) is 2.86. The fourth-order valence-corrected chi connectivity index (χ4v) is 4.27. The van der Waals surface area contributed by atoms with Crippen LogP contribution in [0.2, 0.25) is 0 Å². The summed E-state index contributed by atoms with van der Waals surface area (Å²) in [6, 6.07) is 15.1. The Morgan fingerprint density at radius 1 is 0.838 bits per heavy atom. The van der Waals surface area contributed by atoms with Crippen molar-refractivity contribution in [2.24, 2.45) is 0 Å². The lowest BCUT2D eigenvalue weighted by atomic mass is 9.90. The first kappa shape index (κ1) is 28.7. The number of rotatable bonds is 12. The maximum absolute atomic E-state index is 14.9. The number of aryl methyl sites for hydroxylation is 1. The van der Waals surface area contributed by atoms with Crippen molar-refractivity contribution in [3.05, 3.63) is 101 Å². The quantitative estimate of drug-likeness (QED) is 0.355. The van der Waals surface area contributed by atoms with E-state index in [1.165, 1.54) is 6.07 Å². The third-order valence-electron chi connectivity index (χ3n) is 6.56. The highest BCUT2D eigenvalue weighted by Crippen LogP contribution is 2.31. The molecule has 0 saturated carbocycles. The smallest absolute Gasteiger partial charge is 0.199 e. The van der Waals surface area contributed by atoms with Crippen LogP contribution in [0.15, 0.2) is 78.4 Å². The van der Waals surface area contributed by atoms with Gasteiger partial charge in [0.25, 0.3) is 0 Å². The molecule has 4 nitrogen and oxygen atoms in total. The van der Waals surface area contributed by atoms with Gasteiger partial charge >= 0.3 is 0 Å². The van der Waals surface area contributed by atoms with Gasteiger partial charge < -0.3 is 14.9 Å². The second-order valence-electron chi connectivity index (χ2n) is 10.0. The molecule has 1 aliphatic carbocycles. The summed E-state index contributed by atoms with van der Waals surface area (Å²) in [5, 5.41) is 19.3. The summed E-state index contributed by atoms with van der Waals surface area (Å²) in [6.45, 7) is 9.71. The summed E-state index contributed by atoms with van der Waals surface area (Å²) in [5.41, 5.74) is 5.57. The van der Waals surface area contributed by atoms with Crippen LogP contribution in [0.25, 0.3) is 5.57 Å². The molecule has 2 aromatic rings. The van der Waals surface area contributed by atoms with Crippen LogP contribution in [0.1, 0.15) is 56.7 Å². The van der Waals surface area contributed by atoms with E-state index in [-0.39, 0.29) is 24.1 Å². The summed E-state index contributed by atoms with van der Waals surface area (Å²) in [6.07, 6.45) is 9.68. The maximum atomic E-state index is 14.9. The van der Waals surface area contributed by atoms with Crippen molar-refractivity contribution in [1.29, 1.82) is 0 Å². The molecule has 37 heavy (non-hydrogen) atoms. The molecule has 3 rings (SSSR count). The lowest BCUT2D eigenvalue weighted by Gasteiger charge is -2.16. The van der Waals surface area contributed by atoms with Crippen molar-refractivity contribution < 1.29 is 23.9 Å². The first-order valence-electron chi connectivity index (χ1n) is 13.3. The largest absolute Gasteiger partial charge is 0.393 e. The number of allylic oxidation sites excluding steroid dienone is 5. The minimum absolute atomic E-state index is 0.0644. The molecule has 0 aliphatic heterocycles. The molecule has 0 saturated heterocycles. The van der Waals surface area contributed by atoms with Gasteiger partial charge in [-0.25, -0.2) is 8.97 Å². The molecule has 0 amide bonds. The third kappa shape index (κ3) is 8.89. The lowest BCUT2D eigenvalue weighted by Crippen LogP contribution is -2.27. The SMILES string of the molecule is Cc1ccc(C(=C2C=CC(=[N+](CCC(C)O)CCC(C)OCCC(C)O)C=C2)c2ccccc2F)cc1. The van der Waals surface area contributed by atoms with E-state index in [2.05, 4.69) is 35.8 Å². The molecule has 0 aromatic heterocycles. The van der Waals surface area contributed by atoms with Crippen LogP contribution in [-0.4, -0.2) is 58.5 Å². The summed E-state index contributed by atoms with van der Waals surface area (Å²) in [4.78, 5) is 0. The number of hydrogen-bond donors (Lipinski definition) is 2. The Labute approximate surface area is 221 Å². The zero-order valence-electron chi connectivity index (χ0n) is 22.5. The van der Waals surface area contributed by atoms with Crippen LogP contribution < -0.4 is 0 Å². The van der Waals surface area contributed by atoms with Gasteiger partial charge in [0, 0.05) is 37.2 Å². The van der Waals surface area contributed by atoms with Crippen LogP contribution in [0.4, 0.5) is 4.39 Å². The van der Waals surface area contributed by atoms with E-state index in [4.69, 9.17) is 4.74 Å². The molecule has 0 spiro atoms. The van der Waals surface area contributed by atoms with Crippen molar-refractivity contribution in [2.45, 2.75) is 65.3 Å². The first-order chi connectivity index (χ1) is 17.7. The fourth-order valence-electron chi connectivity index (χ4n) is 4.27. The van der Waals surface area contributed by atoms with Gasteiger partial charge in [-0.05, 0) is 69.0 Å². The van der Waals surface area contributed by atoms with Gasteiger partial charge in [-0.2, -0.15) is 0 Å². The van der Waals surface area contributed by atoms with E-state index in [0.29, 0.717) is 25.0 Å². The van der Waals surface area contributed by atoms with E-state index in [0.717, 1.165) is 47.5 Å². The number of benzene rings is 2. The zero-order valence-corrected chi connectivity index (χ0v) is 22.5.